The van der Waals surface area contributed by atoms with E-state index in [1.54, 1.807) is 6.20 Å². The third kappa shape index (κ3) is 7.21. The number of oxazole rings is 1. The Bertz CT molecular complexity index is 113. The molecule has 0 amide bonds. The van der Waals surface area contributed by atoms with Crippen LogP contribution in [0.15, 0.2) is 17.0 Å². The van der Waals surface area contributed by atoms with Crippen molar-refractivity contribution in [1.29, 1.82) is 0 Å². The topological polar surface area (TPSA) is 26.0 Å². The highest BCUT2D eigenvalue weighted by Gasteiger charge is 1.77. The molecule has 0 aliphatic carbocycles. The van der Waals surface area contributed by atoms with Crippen molar-refractivity contribution in [3.05, 3.63) is 18.4 Å². The second-order valence-corrected chi connectivity index (χ2v) is 1.11. The molecule has 0 fully saturated rings. The molecule has 1 heterocycles. The highest BCUT2D eigenvalue weighted by atomic mass is 16.3. The van der Waals surface area contributed by atoms with E-state index in [-0.39, 0.29) is 0 Å². The molecule has 0 spiro atoms. The van der Waals surface area contributed by atoms with Crippen LogP contribution in [0, 0.1) is 6.92 Å². The van der Waals surface area contributed by atoms with Gasteiger partial charge in [-0.3, -0.25) is 0 Å². The van der Waals surface area contributed by atoms with Crippen LogP contribution in [0.2, 0.25) is 0 Å². The predicted octanol–water partition coefficient (Wildman–Crippen LogP) is 3.04. The van der Waals surface area contributed by atoms with Gasteiger partial charge in [-0.15, -0.1) is 0 Å². The number of hydrogen-bond donors (Lipinski definition) is 0. The van der Waals surface area contributed by atoms with Crippen molar-refractivity contribution in [2.24, 2.45) is 0 Å². The molecule has 0 saturated heterocycles. The Morgan fingerprint density at radius 2 is 1.70 bits per heavy atom. The molecule has 2 heteroatoms. The van der Waals surface area contributed by atoms with Crippen molar-refractivity contribution in [2.75, 3.05) is 0 Å². The Morgan fingerprint density at radius 1 is 1.20 bits per heavy atom. The van der Waals surface area contributed by atoms with Crippen LogP contribution in [0.5, 0.6) is 0 Å². The summed E-state index contributed by atoms with van der Waals surface area (Å²) in [5.74, 6) is 0.856. The van der Waals surface area contributed by atoms with Gasteiger partial charge in [0.05, 0.1) is 6.20 Å². The van der Waals surface area contributed by atoms with Gasteiger partial charge in [-0.2, -0.15) is 0 Å². The Hall–Kier alpha value is -0.790. The highest BCUT2D eigenvalue weighted by molar-refractivity contribution is 4.80. The molecule has 0 radical (unpaired) electrons. The van der Waals surface area contributed by atoms with Crippen molar-refractivity contribution in [2.45, 2.75) is 34.6 Å². The molecule has 1 aromatic rings. The van der Waals surface area contributed by atoms with E-state index >= 15 is 0 Å². The van der Waals surface area contributed by atoms with Crippen LogP contribution in [0.1, 0.15) is 33.5 Å². The molecule has 0 aliphatic rings. The molecule has 0 bridgehead atoms. The summed E-state index contributed by atoms with van der Waals surface area (Å²) in [6, 6.07) is 0. The quantitative estimate of drug-likeness (QED) is 0.558. The molecule has 1 aromatic heterocycles. The van der Waals surface area contributed by atoms with Gasteiger partial charge in [0.15, 0.2) is 6.39 Å². The first-order valence-corrected chi connectivity index (χ1v) is 3.74. The fraction of sp³-hybridized carbons (Fsp3) is 0.625. The van der Waals surface area contributed by atoms with Gasteiger partial charge in [0.2, 0.25) is 0 Å². The lowest BCUT2D eigenvalue weighted by molar-refractivity contribution is 0.527. The molecule has 0 N–H and O–H groups in total. The normalized spacial score (nSPS) is 6.50. The minimum absolute atomic E-state index is 0.856. The van der Waals surface area contributed by atoms with Crippen LogP contribution >= 0.6 is 0 Å². The van der Waals surface area contributed by atoms with Gasteiger partial charge < -0.3 is 4.42 Å². The standard InChI is InChI=1S/C4H5NO.2C2H6/c1-4-2-5-3-6-4;2*1-2/h2-3H,1H3;2*1-2H3. The van der Waals surface area contributed by atoms with Crippen LogP contribution < -0.4 is 0 Å². The summed E-state index contributed by atoms with van der Waals surface area (Å²) in [7, 11) is 0. The van der Waals surface area contributed by atoms with E-state index in [4.69, 9.17) is 4.42 Å². The molecule has 1 rings (SSSR count). The van der Waals surface area contributed by atoms with Crippen LogP contribution in [0.3, 0.4) is 0 Å². The Labute approximate surface area is 63.3 Å². The van der Waals surface area contributed by atoms with E-state index in [9.17, 15) is 0 Å². The summed E-state index contributed by atoms with van der Waals surface area (Å²) in [5, 5.41) is 0. The molecule has 0 aliphatic heterocycles. The van der Waals surface area contributed by atoms with Gasteiger partial charge in [-0.05, 0) is 6.92 Å². The third-order valence-electron chi connectivity index (χ3n) is 0.556. The minimum atomic E-state index is 0.856. The first kappa shape index (κ1) is 11.9. The van der Waals surface area contributed by atoms with E-state index in [1.807, 2.05) is 34.6 Å². The fourth-order valence-electron chi connectivity index (χ4n) is 0.279. The lowest BCUT2D eigenvalue weighted by Crippen LogP contribution is -1.50. The van der Waals surface area contributed by atoms with E-state index in [0.29, 0.717) is 0 Å². The Kier molecular flexibility index (Phi) is 13.2. The Morgan fingerprint density at radius 3 is 1.80 bits per heavy atom. The fourth-order valence-corrected chi connectivity index (χ4v) is 0.279. The van der Waals surface area contributed by atoms with Crippen molar-refractivity contribution in [1.82, 2.24) is 4.98 Å². The molecule has 0 atom stereocenters. The summed E-state index contributed by atoms with van der Waals surface area (Å²) in [6.45, 7) is 9.85. The van der Waals surface area contributed by atoms with Gasteiger partial charge in [0.25, 0.3) is 0 Å². The first-order valence-electron chi connectivity index (χ1n) is 3.74. The van der Waals surface area contributed by atoms with Crippen molar-refractivity contribution in [3.63, 3.8) is 0 Å². The molecule has 2 nitrogen and oxygen atoms in total. The van der Waals surface area contributed by atoms with Gasteiger partial charge in [0.1, 0.15) is 5.76 Å². The lowest BCUT2D eigenvalue weighted by Gasteiger charge is -1.66. The maximum absolute atomic E-state index is 4.72. The zero-order valence-electron chi connectivity index (χ0n) is 7.51. The monoisotopic (exact) mass is 143 g/mol. The summed E-state index contributed by atoms with van der Waals surface area (Å²) in [5.41, 5.74) is 0. The smallest absolute Gasteiger partial charge is 0.180 e. The average Bonchev–Trinajstić information content (AvgIpc) is 2.48. The lowest BCUT2D eigenvalue weighted by atomic mass is 10.6. The molecular weight excluding hydrogens is 126 g/mol. The largest absolute Gasteiger partial charge is 0.449 e. The van der Waals surface area contributed by atoms with Gasteiger partial charge in [-0.25, -0.2) is 4.98 Å². The van der Waals surface area contributed by atoms with Gasteiger partial charge >= 0.3 is 0 Å². The SMILES string of the molecule is CC.CC.Cc1cnco1. The molecule has 60 valence electrons. The number of nitrogens with zero attached hydrogens (tertiary/aromatic N) is 1. The van der Waals surface area contributed by atoms with Crippen molar-refractivity contribution >= 4 is 0 Å². The van der Waals surface area contributed by atoms with Crippen molar-refractivity contribution in [3.8, 4) is 0 Å². The number of aryl methyl sites for hydroxylation is 1. The first-order chi connectivity index (χ1) is 4.89. The van der Waals surface area contributed by atoms with E-state index < -0.39 is 0 Å². The molecule has 0 saturated carbocycles. The maximum atomic E-state index is 4.72. The summed E-state index contributed by atoms with van der Waals surface area (Å²) in [6.07, 6.45) is 3.08. The van der Waals surface area contributed by atoms with Crippen LogP contribution in [0.25, 0.3) is 0 Å². The highest BCUT2D eigenvalue weighted by Crippen LogP contribution is 1.88. The molecule has 10 heavy (non-hydrogen) atoms. The zero-order chi connectivity index (χ0) is 8.41. The van der Waals surface area contributed by atoms with Crippen LogP contribution in [-0.2, 0) is 0 Å². The van der Waals surface area contributed by atoms with E-state index in [0.717, 1.165) is 5.76 Å². The van der Waals surface area contributed by atoms with Crippen LogP contribution in [0.4, 0.5) is 0 Å². The predicted molar refractivity (Wildman–Crippen MR) is 43.9 cm³/mol. The third-order valence-corrected chi connectivity index (χ3v) is 0.556. The second kappa shape index (κ2) is 11.1. The zero-order valence-corrected chi connectivity index (χ0v) is 7.51. The van der Waals surface area contributed by atoms with E-state index in [1.165, 1.54) is 6.39 Å². The molecule has 0 unspecified atom stereocenters. The Balaban J connectivity index is 0. The minimum Gasteiger partial charge on any atom is -0.449 e. The summed E-state index contributed by atoms with van der Waals surface area (Å²) >= 11 is 0. The number of aromatic nitrogens is 1. The second-order valence-electron chi connectivity index (χ2n) is 1.11. The average molecular weight is 143 g/mol. The van der Waals surface area contributed by atoms with Crippen LogP contribution in [-0.4, -0.2) is 4.98 Å². The van der Waals surface area contributed by atoms with Crippen molar-refractivity contribution < 1.29 is 4.42 Å². The molecule has 0 aromatic carbocycles. The number of rotatable bonds is 0. The van der Waals surface area contributed by atoms with Gasteiger partial charge in [0, 0.05) is 0 Å². The van der Waals surface area contributed by atoms with Gasteiger partial charge in [-0.1, -0.05) is 27.7 Å². The summed E-state index contributed by atoms with van der Waals surface area (Å²) < 4.78 is 4.72. The van der Waals surface area contributed by atoms with E-state index in [2.05, 4.69) is 4.98 Å². The molecular formula is C8H17NO. The summed E-state index contributed by atoms with van der Waals surface area (Å²) in [4.78, 5) is 3.66. The maximum Gasteiger partial charge on any atom is 0.180 e. The number of hydrogen-bond acceptors (Lipinski definition) is 2.